The number of guanidine groups is 1. The first-order valence-corrected chi connectivity index (χ1v) is 7.18. The molecule has 0 radical (unpaired) electrons. The zero-order chi connectivity index (χ0) is 12.1. The number of hydrogen-bond acceptors (Lipinski definition) is 2. The molecule has 0 spiro atoms. The summed E-state index contributed by atoms with van der Waals surface area (Å²) in [5.74, 6) is 1.05. The molecule has 2 rings (SSSR count). The lowest BCUT2D eigenvalue weighted by Gasteiger charge is -2.20. The molecule has 0 saturated carbocycles. The minimum absolute atomic E-state index is 0.897. The van der Waals surface area contributed by atoms with Crippen LogP contribution in [0.25, 0.3) is 0 Å². The van der Waals surface area contributed by atoms with E-state index >= 15 is 0 Å². The fourth-order valence-corrected chi connectivity index (χ4v) is 3.03. The Hall–Kier alpha value is -1.03. The van der Waals surface area contributed by atoms with Crippen molar-refractivity contribution < 1.29 is 0 Å². The van der Waals surface area contributed by atoms with E-state index in [0.717, 1.165) is 32.0 Å². The Balaban J connectivity index is 1.87. The molecule has 94 valence electrons. The molecular weight excluding hydrogens is 230 g/mol. The number of nitrogens with zero attached hydrogens (tertiary/aromatic N) is 2. The molecule has 0 bridgehead atoms. The number of likely N-dealkylation sites (tertiary alicyclic amines) is 1. The standard InChI is InChI=1S/C13H21N3S/c1-3-11-6-7-12(17-11)10-15-13(14-2)16-8-4-5-9-16/h6-7H,3-5,8-10H2,1-2H3,(H,14,15). The smallest absolute Gasteiger partial charge is 0.193 e. The van der Waals surface area contributed by atoms with Gasteiger partial charge in [0.2, 0.25) is 0 Å². The highest BCUT2D eigenvalue weighted by Gasteiger charge is 2.15. The molecule has 1 aromatic rings. The molecule has 17 heavy (non-hydrogen) atoms. The van der Waals surface area contributed by atoms with E-state index in [9.17, 15) is 0 Å². The van der Waals surface area contributed by atoms with Crippen molar-refractivity contribution in [1.29, 1.82) is 0 Å². The van der Waals surface area contributed by atoms with Crippen LogP contribution in [0.4, 0.5) is 0 Å². The molecule has 1 aliphatic rings. The lowest BCUT2D eigenvalue weighted by molar-refractivity contribution is 0.494. The predicted octanol–water partition coefficient (Wildman–Crippen LogP) is 2.48. The summed E-state index contributed by atoms with van der Waals surface area (Å²) in [6.07, 6.45) is 3.71. The van der Waals surface area contributed by atoms with Crippen molar-refractivity contribution in [1.82, 2.24) is 10.2 Å². The maximum atomic E-state index is 4.35. The van der Waals surface area contributed by atoms with Crippen LogP contribution in [0.15, 0.2) is 17.1 Å². The number of nitrogens with one attached hydrogen (secondary N) is 1. The molecule has 0 amide bonds. The second-order valence-electron chi connectivity index (χ2n) is 4.32. The van der Waals surface area contributed by atoms with Crippen LogP contribution >= 0.6 is 11.3 Å². The minimum Gasteiger partial charge on any atom is -0.351 e. The largest absolute Gasteiger partial charge is 0.351 e. The molecule has 0 atom stereocenters. The van der Waals surface area contributed by atoms with Gasteiger partial charge in [0.15, 0.2) is 5.96 Å². The first-order chi connectivity index (χ1) is 8.33. The Kier molecular flexibility index (Phi) is 4.42. The summed E-state index contributed by atoms with van der Waals surface area (Å²) in [6, 6.07) is 4.44. The summed E-state index contributed by atoms with van der Waals surface area (Å²) in [7, 11) is 1.87. The van der Waals surface area contributed by atoms with Gasteiger partial charge in [0.1, 0.15) is 0 Å². The lowest BCUT2D eigenvalue weighted by atomic mass is 10.3. The van der Waals surface area contributed by atoms with Crippen LogP contribution in [0, 0.1) is 0 Å². The van der Waals surface area contributed by atoms with Gasteiger partial charge in [-0.1, -0.05) is 6.92 Å². The SMILES string of the molecule is CCc1ccc(CNC(=NC)N2CCCC2)s1. The van der Waals surface area contributed by atoms with Crippen LogP contribution in [0.1, 0.15) is 29.5 Å². The summed E-state index contributed by atoms with van der Waals surface area (Å²) in [4.78, 5) is 9.54. The molecular formula is C13H21N3S. The van der Waals surface area contributed by atoms with Crippen molar-refractivity contribution in [2.45, 2.75) is 32.7 Å². The monoisotopic (exact) mass is 251 g/mol. The van der Waals surface area contributed by atoms with Crippen molar-refractivity contribution in [3.63, 3.8) is 0 Å². The first kappa shape index (κ1) is 12.4. The Labute approximate surface area is 108 Å². The highest BCUT2D eigenvalue weighted by atomic mass is 32.1. The van der Waals surface area contributed by atoms with E-state index in [2.05, 4.69) is 34.3 Å². The maximum absolute atomic E-state index is 4.35. The molecule has 1 N–H and O–H groups in total. The fraction of sp³-hybridized carbons (Fsp3) is 0.615. The van der Waals surface area contributed by atoms with Gasteiger partial charge in [0.25, 0.3) is 0 Å². The number of hydrogen-bond donors (Lipinski definition) is 1. The quantitative estimate of drug-likeness (QED) is 0.660. The Morgan fingerprint density at radius 3 is 2.65 bits per heavy atom. The highest BCUT2D eigenvalue weighted by Crippen LogP contribution is 2.16. The number of aliphatic imine (C=N–C) groups is 1. The van der Waals surface area contributed by atoms with Crippen LogP contribution < -0.4 is 5.32 Å². The van der Waals surface area contributed by atoms with Crippen LogP contribution in [0.2, 0.25) is 0 Å². The molecule has 1 fully saturated rings. The average molecular weight is 251 g/mol. The van der Waals surface area contributed by atoms with E-state index in [1.165, 1.54) is 22.6 Å². The molecule has 0 aliphatic carbocycles. The molecule has 0 aromatic carbocycles. The predicted molar refractivity (Wildman–Crippen MR) is 74.7 cm³/mol. The van der Waals surface area contributed by atoms with Crippen LogP contribution in [0.3, 0.4) is 0 Å². The van der Waals surface area contributed by atoms with E-state index in [1.54, 1.807) is 0 Å². The van der Waals surface area contributed by atoms with E-state index in [0.29, 0.717) is 0 Å². The topological polar surface area (TPSA) is 27.6 Å². The van der Waals surface area contributed by atoms with Crippen molar-refractivity contribution >= 4 is 17.3 Å². The molecule has 1 aromatic heterocycles. The molecule has 0 unspecified atom stereocenters. The van der Waals surface area contributed by atoms with E-state index < -0.39 is 0 Å². The van der Waals surface area contributed by atoms with Crippen molar-refractivity contribution in [2.75, 3.05) is 20.1 Å². The van der Waals surface area contributed by atoms with Crippen LogP contribution in [0.5, 0.6) is 0 Å². The second-order valence-corrected chi connectivity index (χ2v) is 5.57. The minimum atomic E-state index is 0.897. The third-order valence-corrected chi connectivity index (χ3v) is 4.33. The van der Waals surface area contributed by atoms with Gasteiger partial charge >= 0.3 is 0 Å². The Morgan fingerprint density at radius 2 is 2.06 bits per heavy atom. The summed E-state index contributed by atoms with van der Waals surface area (Å²) < 4.78 is 0. The summed E-state index contributed by atoms with van der Waals surface area (Å²) in [5.41, 5.74) is 0. The maximum Gasteiger partial charge on any atom is 0.193 e. The van der Waals surface area contributed by atoms with Gasteiger partial charge in [-0.05, 0) is 31.4 Å². The van der Waals surface area contributed by atoms with E-state index in [4.69, 9.17) is 0 Å². The molecule has 4 heteroatoms. The molecule has 1 saturated heterocycles. The first-order valence-electron chi connectivity index (χ1n) is 6.36. The highest BCUT2D eigenvalue weighted by molar-refractivity contribution is 7.11. The van der Waals surface area contributed by atoms with Gasteiger partial charge in [0.05, 0.1) is 6.54 Å². The van der Waals surface area contributed by atoms with Crippen LogP contribution in [-0.2, 0) is 13.0 Å². The zero-order valence-corrected chi connectivity index (χ0v) is 11.5. The van der Waals surface area contributed by atoms with Gasteiger partial charge in [-0.25, -0.2) is 0 Å². The number of rotatable bonds is 3. The summed E-state index contributed by atoms with van der Waals surface area (Å²) >= 11 is 1.89. The normalized spacial score (nSPS) is 16.6. The van der Waals surface area contributed by atoms with Crippen molar-refractivity contribution in [3.05, 3.63) is 21.9 Å². The van der Waals surface area contributed by atoms with Gasteiger partial charge in [-0.2, -0.15) is 0 Å². The van der Waals surface area contributed by atoms with Gasteiger partial charge in [-0.15, -0.1) is 11.3 Å². The second kappa shape index (κ2) is 6.05. The van der Waals surface area contributed by atoms with Crippen molar-refractivity contribution in [2.24, 2.45) is 4.99 Å². The fourth-order valence-electron chi connectivity index (χ4n) is 2.13. The molecule has 2 heterocycles. The summed E-state index contributed by atoms with van der Waals surface area (Å²) in [5, 5.41) is 3.45. The van der Waals surface area contributed by atoms with E-state index in [1.807, 2.05) is 18.4 Å². The molecule has 1 aliphatic heterocycles. The average Bonchev–Trinajstić information content (AvgIpc) is 3.00. The van der Waals surface area contributed by atoms with E-state index in [-0.39, 0.29) is 0 Å². The van der Waals surface area contributed by atoms with Gasteiger partial charge in [0, 0.05) is 29.9 Å². The molecule has 3 nitrogen and oxygen atoms in total. The number of aryl methyl sites for hydroxylation is 1. The van der Waals surface area contributed by atoms with Gasteiger partial charge in [-0.3, -0.25) is 4.99 Å². The zero-order valence-electron chi connectivity index (χ0n) is 10.7. The lowest BCUT2D eigenvalue weighted by Crippen LogP contribution is -2.38. The van der Waals surface area contributed by atoms with Gasteiger partial charge < -0.3 is 10.2 Å². The van der Waals surface area contributed by atoms with Crippen molar-refractivity contribution in [3.8, 4) is 0 Å². The summed E-state index contributed by atoms with van der Waals surface area (Å²) in [6.45, 7) is 5.38. The third kappa shape index (κ3) is 3.22. The third-order valence-electron chi connectivity index (χ3n) is 3.10. The Bertz CT molecular complexity index is 378. The number of thiophene rings is 1. The Morgan fingerprint density at radius 1 is 1.35 bits per heavy atom. The van der Waals surface area contributed by atoms with Crippen LogP contribution in [-0.4, -0.2) is 31.0 Å².